The number of aryl methyl sites for hydroxylation is 1. The first-order valence-electron chi connectivity index (χ1n) is 7.91. The molecule has 0 spiro atoms. The molecule has 1 atom stereocenters. The van der Waals surface area contributed by atoms with Gasteiger partial charge in [0.15, 0.2) is 0 Å². The Labute approximate surface area is 137 Å². The van der Waals surface area contributed by atoms with Crippen LogP contribution in [0.25, 0.3) is 0 Å². The van der Waals surface area contributed by atoms with Gasteiger partial charge in [0.05, 0.1) is 12.5 Å². The maximum atomic E-state index is 12.4. The first-order valence-corrected chi connectivity index (χ1v) is 7.91. The summed E-state index contributed by atoms with van der Waals surface area (Å²) in [6.45, 7) is 4.54. The summed E-state index contributed by atoms with van der Waals surface area (Å²) in [5, 5.41) is 0. The average Bonchev–Trinajstić information content (AvgIpc) is 2.59. The van der Waals surface area contributed by atoms with E-state index in [1.54, 1.807) is 16.9 Å². The summed E-state index contributed by atoms with van der Waals surface area (Å²) in [6.07, 6.45) is 0.0496. The zero-order valence-corrected chi connectivity index (χ0v) is 13.8. The van der Waals surface area contributed by atoms with Crippen LogP contribution < -0.4 is 5.73 Å². The van der Waals surface area contributed by atoms with E-state index in [-0.39, 0.29) is 17.9 Å². The van der Waals surface area contributed by atoms with Gasteiger partial charge in [0, 0.05) is 45.4 Å². The van der Waals surface area contributed by atoms with Gasteiger partial charge in [-0.1, -0.05) is 17.7 Å². The molecule has 1 aliphatic heterocycles. The largest absolute Gasteiger partial charge is 0.380 e. The highest BCUT2D eigenvalue weighted by Crippen LogP contribution is 2.11. The first kappa shape index (κ1) is 17.4. The number of rotatable bonds is 5. The van der Waals surface area contributed by atoms with Crippen LogP contribution in [0, 0.1) is 6.92 Å². The normalized spacial score (nSPS) is 16.3. The van der Waals surface area contributed by atoms with Crippen LogP contribution in [0.4, 0.5) is 0 Å². The van der Waals surface area contributed by atoms with Crippen LogP contribution in [0.5, 0.6) is 0 Å². The number of hydrogen-bond acceptors (Lipinski definition) is 4. The second kappa shape index (κ2) is 8.08. The van der Waals surface area contributed by atoms with E-state index in [1.807, 2.05) is 31.2 Å². The van der Waals surface area contributed by atoms with Crippen LogP contribution in [0.3, 0.4) is 0 Å². The fourth-order valence-electron chi connectivity index (χ4n) is 2.62. The molecule has 23 heavy (non-hydrogen) atoms. The summed E-state index contributed by atoms with van der Waals surface area (Å²) in [5.41, 5.74) is 7.37. The van der Waals surface area contributed by atoms with Crippen molar-refractivity contribution in [2.45, 2.75) is 19.4 Å². The highest BCUT2D eigenvalue weighted by atomic mass is 16.5. The standard InChI is InChI=1S/C17H25N3O3/c1-13-3-5-14(6-4-13)17(22)20-9-7-19(8-10-20)16(21)11-15(12-18)23-2/h3-6,15H,7-12,18H2,1-2H3. The Morgan fingerprint density at radius 2 is 1.70 bits per heavy atom. The Balaban J connectivity index is 1.87. The molecule has 0 saturated carbocycles. The lowest BCUT2D eigenvalue weighted by Gasteiger charge is -2.35. The van der Waals surface area contributed by atoms with E-state index in [0.29, 0.717) is 44.7 Å². The molecule has 0 aromatic heterocycles. The highest BCUT2D eigenvalue weighted by molar-refractivity contribution is 5.94. The Morgan fingerprint density at radius 1 is 1.13 bits per heavy atom. The number of amides is 2. The Hall–Kier alpha value is -1.92. The van der Waals surface area contributed by atoms with E-state index in [4.69, 9.17) is 10.5 Å². The number of benzene rings is 1. The second-order valence-electron chi connectivity index (χ2n) is 5.84. The molecule has 2 rings (SSSR count). The van der Waals surface area contributed by atoms with Crippen molar-refractivity contribution in [3.05, 3.63) is 35.4 Å². The maximum absolute atomic E-state index is 12.4. The number of nitrogens with zero attached hydrogens (tertiary/aromatic N) is 2. The topological polar surface area (TPSA) is 75.9 Å². The van der Waals surface area contributed by atoms with Crippen LogP contribution >= 0.6 is 0 Å². The number of carbonyl (C=O) groups excluding carboxylic acids is 2. The summed E-state index contributed by atoms with van der Waals surface area (Å²) in [5.74, 6) is 0.0542. The zero-order valence-electron chi connectivity index (χ0n) is 13.8. The second-order valence-corrected chi connectivity index (χ2v) is 5.84. The third kappa shape index (κ3) is 4.53. The van der Waals surface area contributed by atoms with Gasteiger partial charge in [-0.25, -0.2) is 0 Å². The molecule has 1 unspecified atom stereocenters. The minimum Gasteiger partial charge on any atom is -0.380 e. The van der Waals surface area contributed by atoms with E-state index in [9.17, 15) is 9.59 Å². The van der Waals surface area contributed by atoms with Crippen LogP contribution in [-0.4, -0.2) is 67.6 Å². The highest BCUT2D eigenvalue weighted by Gasteiger charge is 2.25. The van der Waals surface area contributed by atoms with Crippen molar-refractivity contribution in [3.8, 4) is 0 Å². The van der Waals surface area contributed by atoms with Crippen molar-refractivity contribution in [1.29, 1.82) is 0 Å². The molecule has 1 aromatic carbocycles. The lowest BCUT2D eigenvalue weighted by Crippen LogP contribution is -2.51. The quantitative estimate of drug-likeness (QED) is 0.864. The number of nitrogens with two attached hydrogens (primary N) is 1. The molecule has 6 heteroatoms. The summed E-state index contributed by atoms with van der Waals surface area (Å²) in [6, 6.07) is 7.56. The summed E-state index contributed by atoms with van der Waals surface area (Å²) < 4.78 is 5.15. The van der Waals surface area contributed by atoms with Crippen LogP contribution in [0.15, 0.2) is 24.3 Å². The number of methoxy groups -OCH3 is 1. The van der Waals surface area contributed by atoms with Gasteiger partial charge in [-0.2, -0.15) is 0 Å². The van der Waals surface area contributed by atoms with Gasteiger partial charge in [0.25, 0.3) is 5.91 Å². The van der Waals surface area contributed by atoms with Crippen molar-refractivity contribution in [3.63, 3.8) is 0 Å². The Kier molecular flexibility index (Phi) is 6.12. The monoisotopic (exact) mass is 319 g/mol. The molecular formula is C17H25N3O3. The van der Waals surface area contributed by atoms with Crippen molar-refractivity contribution >= 4 is 11.8 Å². The molecule has 2 N–H and O–H groups in total. The van der Waals surface area contributed by atoms with Gasteiger partial charge in [-0.05, 0) is 19.1 Å². The smallest absolute Gasteiger partial charge is 0.253 e. The van der Waals surface area contributed by atoms with Crippen LogP contribution in [-0.2, 0) is 9.53 Å². The molecule has 1 fully saturated rings. The average molecular weight is 319 g/mol. The molecule has 1 saturated heterocycles. The number of hydrogen-bond donors (Lipinski definition) is 1. The summed E-state index contributed by atoms with van der Waals surface area (Å²) in [4.78, 5) is 28.2. The number of ether oxygens (including phenoxy) is 1. The molecule has 1 heterocycles. The fourth-order valence-corrected chi connectivity index (χ4v) is 2.62. The van der Waals surface area contributed by atoms with E-state index < -0.39 is 0 Å². The van der Waals surface area contributed by atoms with Crippen LogP contribution in [0.2, 0.25) is 0 Å². The van der Waals surface area contributed by atoms with Gasteiger partial charge < -0.3 is 20.3 Å². The van der Waals surface area contributed by atoms with E-state index in [2.05, 4.69) is 0 Å². The van der Waals surface area contributed by atoms with Gasteiger partial charge in [-0.15, -0.1) is 0 Å². The predicted octanol–water partition coefficient (Wildman–Crippen LogP) is 0.643. The lowest BCUT2D eigenvalue weighted by atomic mass is 10.1. The Bertz CT molecular complexity index is 533. The predicted molar refractivity (Wildman–Crippen MR) is 88.1 cm³/mol. The Morgan fingerprint density at radius 3 is 2.22 bits per heavy atom. The lowest BCUT2D eigenvalue weighted by molar-refractivity contribution is -0.135. The number of piperazine rings is 1. The summed E-state index contributed by atoms with van der Waals surface area (Å²) in [7, 11) is 1.56. The molecule has 1 aromatic rings. The van der Waals surface area contributed by atoms with E-state index in [1.165, 1.54) is 0 Å². The van der Waals surface area contributed by atoms with Gasteiger partial charge in [0.1, 0.15) is 0 Å². The van der Waals surface area contributed by atoms with E-state index >= 15 is 0 Å². The molecule has 6 nitrogen and oxygen atoms in total. The first-order chi connectivity index (χ1) is 11.0. The molecule has 0 radical (unpaired) electrons. The molecule has 2 amide bonds. The zero-order chi connectivity index (χ0) is 16.8. The van der Waals surface area contributed by atoms with Gasteiger partial charge >= 0.3 is 0 Å². The van der Waals surface area contributed by atoms with Gasteiger partial charge in [0.2, 0.25) is 5.91 Å². The fraction of sp³-hybridized carbons (Fsp3) is 0.529. The molecule has 0 aliphatic carbocycles. The SMILES string of the molecule is COC(CN)CC(=O)N1CCN(C(=O)c2ccc(C)cc2)CC1. The third-order valence-electron chi connectivity index (χ3n) is 4.22. The van der Waals surface area contributed by atoms with Crippen LogP contribution in [0.1, 0.15) is 22.3 Å². The molecular weight excluding hydrogens is 294 g/mol. The third-order valence-corrected chi connectivity index (χ3v) is 4.22. The summed E-state index contributed by atoms with van der Waals surface area (Å²) >= 11 is 0. The van der Waals surface area contributed by atoms with Crippen molar-refractivity contribution in [2.75, 3.05) is 39.8 Å². The molecule has 126 valence electrons. The van der Waals surface area contributed by atoms with Crippen molar-refractivity contribution in [1.82, 2.24) is 9.80 Å². The minimum absolute atomic E-state index is 0.0221. The van der Waals surface area contributed by atoms with Crippen molar-refractivity contribution in [2.24, 2.45) is 5.73 Å². The maximum Gasteiger partial charge on any atom is 0.253 e. The molecule has 0 bridgehead atoms. The number of carbonyl (C=O) groups is 2. The minimum atomic E-state index is -0.241. The molecule has 1 aliphatic rings. The van der Waals surface area contributed by atoms with Crippen molar-refractivity contribution < 1.29 is 14.3 Å². The van der Waals surface area contributed by atoms with E-state index in [0.717, 1.165) is 5.56 Å². The van der Waals surface area contributed by atoms with Gasteiger partial charge in [-0.3, -0.25) is 9.59 Å².